The molecule has 0 amide bonds. The van der Waals surface area contributed by atoms with Crippen LogP contribution in [-0.2, 0) is 0 Å². The number of hydrogen-bond donors (Lipinski definition) is 2. The number of anilines is 2. The topological polar surface area (TPSA) is 96.8 Å². The normalized spacial score (nSPS) is 12.6. The lowest BCUT2D eigenvalue weighted by Gasteiger charge is -2.11. The summed E-state index contributed by atoms with van der Waals surface area (Å²) in [5, 5.41) is 0. The number of benzene rings is 2. The summed E-state index contributed by atoms with van der Waals surface area (Å²) in [6.45, 7) is 0.778. The molecule has 2 aromatic carbocycles. The van der Waals surface area contributed by atoms with E-state index in [1.807, 2.05) is 0 Å². The summed E-state index contributed by atoms with van der Waals surface area (Å²) in [5.41, 5.74) is 13.1. The highest BCUT2D eigenvalue weighted by Crippen LogP contribution is 2.29. The van der Waals surface area contributed by atoms with Crippen LogP contribution in [0, 0.1) is 0 Å². The van der Waals surface area contributed by atoms with Gasteiger partial charge in [0.25, 0.3) is 0 Å². The minimum Gasteiger partial charge on any atom is -0.490 e. The van der Waals surface area contributed by atoms with Gasteiger partial charge in [-0.2, -0.15) is 0 Å². The first kappa shape index (κ1) is 14.1. The van der Waals surface area contributed by atoms with E-state index in [-0.39, 0.29) is 12.4 Å². The van der Waals surface area contributed by atoms with Gasteiger partial charge in [-0.3, -0.25) is 4.79 Å². The van der Waals surface area contributed by atoms with Crippen molar-refractivity contribution in [1.29, 1.82) is 0 Å². The molecule has 0 saturated carbocycles. The minimum atomic E-state index is -0.0105. The molecular formula is C16H16N2O4. The first-order valence-corrected chi connectivity index (χ1v) is 6.84. The van der Waals surface area contributed by atoms with E-state index < -0.39 is 0 Å². The monoisotopic (exact) mass is 300 g/mol. The Morgan fingerprint density at radius 3 is 2.68 bits per heavy atom. The van der Waals surface area contributed by atoms with Crippen molar-refractivity contribution in [3.8, 4) is 17.2 Å². The fourth-order valence-electron chi connectivity index (χ4n) is 2.17. The Kier molecular flexibility index (Phi) is 3.74. The molecule has 3 rings (SSSR count). The quantitative estimate of drug-likeness (QED) is 0.646. The van der Waals surface area contributed by atoms with E-state index in [0.717, 1.165) is 0 Å². The highest BCUT2D eigenvalue weighted by Gasteiger charge is 2.21. The molecule has 1 aliphatic heterocycles. The molecule has 0 radical (unpaired) electrons. The summed E-state index contributed by atoms with van der Waals surface area (Å²) in [6, 6.07) is 10.2. The second kappa shape index (κ2) is 5.85. The van der Waals surface area contributed by atoms with Crippen molar-refractivity contribution >= 4 is 17.2 Å². The molecule has 0 fully saturated rings. The number of ether oxygens (including phenoxy) is 3. The zero-order chi connectivity index (χ0) is 15.5. The Labute approximate surface area is 127 Å². The van der Waals surface area contributed by atoms with Crippen LogP contribution in [0.4, 0.5) is 11.4 Å². The van der Waals surface area contributed by atoms with E-state index in [2.05, 4.69) is 0 Å². The lowest BCUT2D eigenvalue weighted by molar-refractivity contribution is 0.0961. The van der Waals surface area contributed by atoms with Gasteiger partial charge < -0.3 is 25.7 Å². The Balaban J connectivity index is 1.52. The van der Waals surface area contributed by atoms with Crippen molar-refractivity contribution in [3.05, 3.63) is 42.0 Å². The number of fused-ring (bicyclic) bond motifs is 1. The predicted octanol–water partition coefficient (Wildman–Crippen LogP) is 1.88. The molecule has 0 saturated heterocycles. The molecule has 0 aliphatic carbocycles. The Bertz CT molecular complexity index is 715. The van der Waals surface area contributed by atoms with Crippen LogP contribution in [0.5, 0.6) is 17.2 Å². The summed E-state index contributed by atoms with van der Waals surface area (Å²) < 4.78 is 16.4. The summed E-state index contributed by atoms with van der Waals surface area (Å²) >= 11 is 0. The molecule has 4 N–H and O–H groups in total. The van der Waals surface area contributed by atoms with Gasteiger partial charge in [-0.1, -0.05) is 0 Å². The van der Waals surface area contributed by atoms with Gasteiger partial charge in [0.05, 0.1) is 11.3 Å². The average Bonchev–Trinajstić information content (AvgIpc) is 2.86. The molecule has 2 aromatic rings. The van der Waals surface area contributed by atoms with E-state index >= 15 is 0 Å². The van der Waals surface area contributed by atoms with Crippen LogP contribution in [0.15, 0.2) is 36.4 Å². The molecule has 0 aromatic heterocycles. The standard InChI is InChI=1S/C16H16N2O4/c17-10-1-4-15(13(18)7-10)21-6-5-20-11-2-3-12-14(19)9-22-16(12)8-11/h1-4,7-8H,5-6,9,17-18H2. The van der Waals surface area contributed by atoms with Gasteiger partial charge >= 0.3 is 0 Å². The highest BCUT2D eigenvalue weighted by molar-refractivity contribution is 6.02. The number of nitrogens with two attached hydrogens (primary N) is 2. The van der Waals surface area contributed by atoms with Crippen LogP contribution >= 0.6 is 0 Å². The molecular weight excluding hydrogens is 284 g/mol. The smallest absolute Gasteiger partial charge is 0.203 e. The average molecular weight is 300 g/mol. The number of nitrogen functional groups attached to an aromatic ring is 2. The number of carbonyl (C=O) groups is 1. The maximum atomic E-state index is 11.4. The summed E-state index contributed by atoms with van der Waals surface area (Å²) in [6.07, 6.45) is 0. The zero-order valence-corrected chi connectivity index (χ0v) is 11.9. The Morgan fingerprint density at radius 2 is 1.86 bits per heavy atom. The fourth-order valence-corrected chi connectivity index (χ4v) is 2.17. The van der Waals surface area contributed by atoms with Crippen LogP contribution in [0.2, 0.25) is 0 Å². The van der Waals surface area contributed by atoms with Crippen molar-refractivity contribution < 1.29 is 19.0 Å². The van der Waals surface area contributed by atoms with Gasteiger partial charge in [0.15, 0.2) is 6.61 Å². The van der Waals surface area contributed by atoms with Crippen molar-refractivity contribution in [2.45, 2.75) is 0 Å². The molecule has 1 heterocycles. The Hall–Kier alpha value is -2.89. The number of carbonyl (C=O) groups excluding carboxylic acids is 1. The van der Waals surface area contributed by atoms with Crippen LogP contribution in [0.3, 0.4) is 0 Å². The van der Waals surface area contributed by atoms with Gasteiger partial charge in [0.1, 0.15) is 30.5 Å². The first-order chi connectivity index (χ1) is 10.6. The molecule has 0 spiro atoms. The third-order valence-electron chi connectivity index (χ3n) is 3.26. The summed E-state index contributed by atoms with van der Waals surface area (Å²) in [5.74, 6) is 1.75. The maximum absolute atomic E-state index is 11.4. The molecule has 6 nitrogen and oxygen atoms in total. The molecule has 0 atom stereocenters. The lowest BCUT2D eigenvalue weighted by atomic mass is 10.1. The van der Waals surface area contributed by atoms with Gasteiger partial charge in [-0.25, -0.2) is 0 Å². The van der Waals surface area contributed by atoms with Crippen molar-refractivity contribution in [3.63, 3.8) is 0 Å². The minimum absolute atomic E-state index is 0.0105. The van der Waals surface area contributed by atoms with Gasteiger partial charge in [0.2, 0.25) is 5.78 Å². The van der Waals surface area contributed by atoms with Crippen LogP contribution in [0.25, 0.3) is 0 Å². The summed E-state index contributed by atoms with van der Waals surface area (Å²) in [7, 11) is 0. The van der Waals surface area contributed by atoms with E-state index in [9.17, 15) is 4.79 Å². The van der Waals surface area contributed by atoms with Crippen molar-refractivity contribution in [2.75, 3.05) is 31.3 Å². The third kappa shape index (κ3) is 2.90. The Morgan fingerprint density at radius 1 is 1.05 bits per heavy atom. The molecule has 22 heavy (non-hydrogen) atoms. The predicted molar refractivity (Wildman–Crippen MR) is 82.5 cm³/mol. The van der Waals surface area contributed by atoms with Crippen LogP contribution in [-0.4, -0.2) is 25.6 Å². The zero-order valence-electron chi connectivity index (χ0n) is 11.9. The maximum Gasteiger partial charge on any atom is 0.203 e. The number of hydrogen-bond acceptors (Lipinski definition) is 6. The fraction of sp³-hybridized carbons (Fsp3) is 0.188. The van der Waals surface area contributed by atoms with Crippen molar-refractivity contribution in [2.24, 2.45) is 0 Å². The SMILES string of the molecule is Nc1ccc(OCCOc2ccc3c(c2)OCC3=O)c(N)c1. The van der Waals surface area contributed by atoms with Crippen LogP contribution in [0.1, 0.15) is 10.4 Å². The largest absolute Gasteiger partial charge is 0.490 e. The van der Waals surface area contributed by atoms with Crippen LogP contribution < -0.4 is 25.7 Å². The van der Waals surface area contributed by atoms with Crippen molar-refractivity contribution in [1.82, 2.24) is 0 Å². The lowest BCUT2D eigenvalue weighted by Crippen LogP contribution is -2.10. The second-order valence-corrected chi connectivity index (χ2v) is 4.86. The molecule has 0 bridgehead atoms. The third-order valence-corrected chi connectivity index (χ3v) is 3.26. The van der Waals surface area contributed by atoms with E-state index in [4.69, 9.17) is 25.7 Å². The molecule has 6 heteroatoms. The van der Waals surface area contributed by atoms with Gasteiger partial charge in [-0.05, 0) is 30.3 Å². The van der Waals surface area contributed by atoms with E-state index in [1.54, 1.807) is 36.4 Å². The van der Waals surface area contributed by atoms with Gasteiger partial charge in [-0.15, -0.1) is 0 Å². The highest BCUT2D eigenvalue weighted by atomic mass is 16.5. The second-order valence-electron chi connectivity index (χ2n) is 4.86. The number of ketones is 1. The number of Topliss-reactive ketones (excluding diaryl/α,β-unsaturated/α-hetero) is 1. The molecule has 114 valence electrons. The molecule has 0 unspecified atom stereocenters. The van der Waals surface area contributed by atoms with E-state index in [1.165, 1.54) is 0 Å². The molecule has 1 aliphatic rings. The first-order valence-electron chi connectivity index (χ1n) is 6.84. The van der Waals surface area contributed by atoms with Gasteiger partial charge in [0, 0.05) is 11.8 Å². The number of rotatable bonds is 5. The summed E-state index contributed by atoms with van der Waals surface area (Å²) in [4.78, 5) is 11.4. The van der Waals surface area contributed by atoms with E-state index in [0.29, 0.717) is 47.4 Å².